The molecule has 76 valence electrons. The van der Waals surface area contributed by atoms with Crippen LogP contribution in [0.25, 0.3) is 0 Å². The molecule has 15 heavy (non-hydrogen) atoms. The highest BCUT2D eigenvalue weighted by atomic mass is 16.2. The Bertz CT molecular complexity index is 443. The van der Waals surface area contributed by atoms with Crippen molar-refractivity contribution >= 4 is 17.3 Å². The lowest BCUT2D eigenvalue weighted by Crippen LogP contribution is -2.23. The number of benzene rings is 1. The molecule has 4 nitrogen and oxygen atoms in total. The number of carbonyl (C=O) groups is 1. The predicted octanol–water partition coefficient (Wildman–Crippen LogP) is 1.51. The molecule has 0 aliphatic heterocycles. The van der Waals surface area contributed by atoms with Crippen molar-refractivity contribution in [1.82, 2.24) is 0 Å². The summed E-state index contributed by atoms with van der Waals surface area (Å²) in [7, 11) is 0. The molecule has 1 aliphatic rings. The van der Waals surface area contributed by atoms with Gasteiger partial charge in [-0.25, -0.2) is 0 Å². The quantitative estimate of drug-likeness (QED) is 0.712. The predicted molar refractivity (Wildman–Crippen MR) is 56.8 cm³/mol. The highest BCUT2D eigenvalue weighted by Crippen LogP contribution is 2.45. The van der Waals surface area contributed by atoms with Gasteiger partial charge in [0, 0.05) is 0 Å². The summed E-state index contributed by atoms with van der Waals surface area (Å²) < 4.78 is 0. The Balaban J connectivity index is 2.14. The fourth-order valence-electron chi connectivity index (χ4n) is 1.37. The summed E-state index contributed by atoms with van der Waals surface area (Å²) in [5.41, 5.74) is 5.96. The van der Waals surface area contributed by atoms with E-state index >= 15 is 0 Å². The van der Waals surface area contributed by atoms with E-state index in [4.69, 9.17) is 11.0 Å². The van der Waals surface area contributed by atoms with Gasteiger partial charge in [-0.15, -0.1) is 0 Å². The zero-order valence-corrected chi connectivity index (χ0v) is 8.16. The summed E-state index contributed by atoms with van der Waals surface area (Å²) >= 11 is 0. The SMILES string of the molecule is N#CC1(C(=O)Nc2ccccc2N)CC1. The summed E-state index contributed by atoms with van der Waals surface area (Å²) in [5, 5.41) is 11.5. The molecular weight excluding hydrogens is 190 g/mol. The normalized spacial score (nSPS) is 16.5. The van der Waals surface area contributed by atoms with E-state index in [1.807, 2.05) is 6.07 Å². The van der Waals surface area contributed by atoms with E-state index in [1.54, 1.807) is 24.3 Å². The maximum Gasteiger partial charge on any atom is 0.244 e. The lowest BCUT2D eigenvalue weighted by molar-refractivity contribution is -0.119. The number of nitrogen functional groups attached to an aromatic ring is 1. The maximum absolute atomic E-state index is 11.7. The molecular formula is C11H11N3O. The maximum atomic E-state index is 11.7. The topological polar surface area (TPSA) is 78.9 Å². The number of para-hydroxylation sites is 2. The van der Waals surface area contributed by atoms with Gasteiger partial charge in [0.15, 0.2) is 0 Å². The second kappa shape index (κ2) is 3.28. The van der Waals surface area contributed by atoms with Crippen LogP contribution in [0, 0.1) is 16.7 Å². The van der Waals surface area contributed by atoms with Gasteiger partial charge in [0.2, 0.25) is 5.91 Å². The van der Waals surface area contributed by atoms with Crippen molar-refractivity contribution in [1.29, 1.82) is 5.26 Å². The third kappa shape index (κ3) is 1.64. The van der Waals surface area contributed by atoms with E-state index in [-0.39, 0.29) is 5.91 Å². The molecule has 0 heterocycles. The minimum atomic E-state index is -0.803. The number of nitrogens with two attached hydrogens (primary N) is 1. The van der Waals surface area contributed by atoms with Crippen LogP contribution in [-0.2, 0) is 4.79 Å². The van der Waals surface area contributed by atoms with Crippen LogP contribution in [0.2, 0.25) is 0 Å². The lowest BCUT2D eigenvalue weighted by Gasteiger charge is -2.09. The van der Waals surface area contributed by atoms with Gasteiger partial charge in [-0.2, -0.15) is 5.26 Å². The zero-order valence-electron chi connectivity index (χ0n) is 8.16. The molecule has 0 unspecified atom stereocenters. The molecule has 1 saturated carbocycles. The van der Waals surface area contributed by atoms with Gasteiger partial charge in [0.25, 0.3) is 0 Å². The Kier molecular flexibility index (Phi) is 2.09. The number of anilines is 2. The van der Waals surface area contributed by atoms with Gasteiger partial charge in [0.05, 0.1) is 17.4 Å². The summed E-state index contributed by atoms with van der Waals surface area (Å²) in [6, 6.07) is 9.06. The number of nitrogens with one attached hydrogen (secondary N) is 1. The standard InChI is InChI=1S/C11H11N3O/c12-7-11(5-6-11)10(15)14-9-4-2-1-3-8(9)13/h1-4H,5-6,13H2,(H,14,15). The van der Waals surface area contributed by atoms with Crippen molar-refractivity contribution in [3.63, 3.8) is 0 Å². The Morgan fingerprint density at radius 3 is 2.67 bits per heavy atom. The largest absolute Gasteiger partial charge is 0.397 e. The molecule has 3 N–H and O–H groups in total. The van der Waals surface area contributed by atoms with E-state index in [0.717, 1.165) is 0 Å². The molecule has 4 heteroatoms. The van der Waals surface area contributed by atoms with E-state index in [2.05, 4.69) is 5.32 Å². The second-order valence-corrected chi connectivity index (χ2v) is 3.74. The molecule has 1 aromatic carbocycles. The van der Waals surface area contributed by atoms with E-state index in [9.17, 15) is 4.79 Å². The number of amides is 1. The molecule has 0 atom stereocenters. The highest BCUT2D eigenvalue weighted by Gasteiger charge is 2.50. The van der Waals surface area contributed by atoms with Crippen LogP contribution >= 0.6 is 0 Å². The monoisotopic (exact) mass is 201 g/mol. The van der Waals surface area contributed by atoms with E-state index < -0.39 is 5.41 Å². The van der Waals surface area contributed by atoms with Gasteiger partial charge in [-0.3, -0.25) is 4.79 Å². The molecule has 0 saturated heterocycles. The van der Waals surface area contributed by atoms with Crippen LogP contribution in [0.1, 0.15) is 12.8 Å². The highest BCUT2D eigenvalue weighted by molar-refractivity contribution is 6.01. The minimum Gasteiger partial charge on any atom is -0.397 e. The molecule has 1 amide bonds. The van der Waals surface area contributed by atoms with E-state index in [1.165, 1.54) is 0 Å². The summed E-state index contributed by atoms with van der Waals surface area (Å²) in [4.78, 5) is 11.7. The zero-order chi connectivity index (χ0) is 10.9. The second-order valence-electron chi connectivity index (χ2n) is 3.74. The molecule has 0 aromatic heterocycles. The number of hydrogen-bond donors (Lipinski definition) is 2. The molecule has 1 fully saturated rings. The first-order chi connectivity index (χ1) is 7.18. The van der Waals surface area contributed by atoms with Gasteiger partial charge in [-0.05, 0) is 25.0 Å². The number of carbonyl (C=O) groups excluding carboxylic acids is 1. The fourth-order valence-corrected chi connectivity index (χ4v) is 1.37. The summed E-state index contributed by atoms with van der Waals surface area (Å²) in [5.74, 6) is -0.247. The van der Waals surface area contributed by atoms with Crippen LogP contribution < -0.4 is 11.1 Å². The first-order valence-electron chi connectivity index (χ1n) is 4.75. The third-order valence-electron chi connectivity index (χ3n) is 2.61. The fraction of sp³-hybridized carbons (Fsp3) is 0.273. The number of nitrogens with zero attached hydrogens (tertiary/aromatic N) is 1. The van der Waals surface area contributed by atoms with Crippen molar-refractivity contribution in [2.45, 2.75) is 12.8 Å². The molecule has 1 aromatic rings. The average molecular weight is 201 g/mol. The Labute approximate surface area is 87.7 Å². The van der Waals surface area contributed by atoms with Crippen LogP contribution in [-0.4, -0.2) is 5.91 Å². The Hall–Kier alpha value is -2.02. The smallest absolute Gasteiger partial charge is 0.244 e. The van der Waals surface area contributed by atoms with Crippen LogP contribution in [0.4, 0.5) is 11.4 Å². The van der Waals surface area contributed by atoms with Crippen molar-refractivity contribution < 1.29 is 4.79 Å². The van der Waals surface area contributed by atoms with Crippen LogP contribution in [0.3, 0.4) is 0 Å². The van der Waals surface area contributed by atoms with Crippen molar-refractivity contribution in [2.24, 2.45) is 5.41 Å². The summed E-state index contributed by atoms with van der Waals surface area (Å²) in [6.45, 7) is 0. The average Bonchev–Trinajstić information content (AvgIpc) is 3.02. The number of rotatable bonds is 2. The first kappa shape index (κ1) is 9.53. The number of nitriles is 1. The van der Waals surface area contributed by atoms with Gasteiger partial charge < -0.3 is 11.1 Å². The summed E-state index contributed by atoms with van der Waals surface area (Å²) in [6.07, 6.45) is 1.28. The minimum absolute atomic E-state index is 0.247. The van der Waals surface area contributed by atoms with Gasteiger partial charge in [-0.1, -0.05) is 12.1 Å². The van der Waals surface area contributed by atoms with Crippen LogP contribution in [0.15, 0.2) is 24.3 Å². The molecule has 0 radical (unpaired) electrons. The van der Waals surface area contributed by atoms with Crippen molar-refractivity contribution in [2.75, 3.05) is 11.1 Å². The van der Waals surface area contributed by atoms with E-state index in [0.29, 0.717) is 24.2 Å². The molecule has 2 rings (SSSR count). The Morgan fingerprint density at radius 2 is 2.13 bits per heavy atom. The molecule has 1 aliphatic carbocycles. The third-order valence-corrected chi connectivity index (χ3v) is 2.61. The Morgan fingerprint density at radius 1 is 1.47 bits per heavy atom. The van der Waals surface area contributed by atoms with Gasteiger partial charge >= 0.3 is 0 Å². The van der Waals surface area contributed by atoms with Crippen LogP contribution in [0.5, 0.6) is 0 Å². The van der Waals surface area contributed by atoms with Crippen molar-refractivity contribution in [3.8, 4) is 6.07 Å². The van der Waals surface area contributed by atoms with Gasteiger partial charge in [0.1, 0.15) is 5.41 Å². The first-order valence-corrected chi connectivity index (χ1v) is 4.75. The molecule has 0 spiro atoms. The molecule has 0 bridgehead atoms. The lowest BCUT2D eigenvalue weighted by atomic mass is 10.1. The number of hydrogen-bond acceptors (Lipinski definition) is 3. The van der Waals surface area contributed by atoms with Crippen molar-refractivity contribution in [3.05, 3.63) is 24.3 Å².